The number of aromatic nitrogens is 5. The van der Waals surface area contributed by atoms with Crippen molar-refractivity contribution in [3.8, 4) is 0 Å². The average molecular weight is 401 g/mol. The van der Waals surface area contributed by atoms with Crippen molar-refractivity contribution in [3.05, 3.63) is 91.0 Å². The van der Waals surface area contributed by atoms with E-state index in [0.717, 1.165) is 30.8 Å². The number of hydrogen-bond acceptors (Lipinski definition) is 4. The third kappa shape index (κ3) is 4.59. The Balaban J connectivity index is 1.46. The molecule has 6 nitrogen and oxygen atoms in total. The fourth-order valence-corrected chi connectivity index (χ4v) is 3.95. The first-order valence-electron chi connectivity index (χ1n) is 10.5. The molecule has 1 N–H and O–H groups in total. The molecule has 6 heteroatoms. The zero-order valence-corrected chi connectivity index (χ0v) is 17.5. The number of anilines is 2. The second-order valence-electron chi connectivity index (χ2n) is 7.58. The molecule has 0 spiro atoms. The summed E-state index contributed by atoms with van der Waals surface area (Å²) in [6.07, 6.45) is 11.3. The van der Waals surface area contributed by atoms with E-state index in [4.69, 9.17) is 0 Å². The summed E-state index contributed by atoms with van der Waals surface area (Å²) in [5.41, 5.74) is 4.65. The molecule has 154 valence electrons. The highest BCUT2D eigenvalue weighted by molar-refractivity contribution is 5.60. The summed E-state index contributed by atoms with van der Waals surface area (Å²) in [4.78, 5) is 8.25. The molecule has 0 aliphatic rings. The Bertz CT molecular complexity index is 1000. The van der Waals surface area contributed by atoms with Gasteiger partial charge in [-0.15, -0.1) is 0 Å². The molecular weight excluding hydrogens is 372 g/mol. The van der Waals surface area contributed by atoms with Crippen LogP contribution >= 0.6 is 0 Å². The van der Waals surface area contributed by atoms with Crippen molar-refractivity contribution in [2.45, 2.75) is 39.3 Å². The summed E-state index contributed by atoms with van der Waals surface area (Å²) >= 11 is 0. The lowest BCUT2D eigenvalue weighted by Gasteiger charge is -2.26. The molecule has 2 aromatic carbocycles. The van der Waals surface area contributed by atoms with Gasteiger partial charge in [-0.1, -0.05) is 51.0 Å². The molecule has 0 radical (unpaired) electrons. The van der Waals surface area contributed by atoms with Crippen molar-refractivity contribution < 1.29 is 0 Å². The largest absolute Gasteiger partial charge is 0.356 e. The SMILES string of the molecule is CCC(CC)C(c1ccc(Nc2ccc(Cn3ccnc3)cc2)cc1)n1cncn1. The number of rotatable bonds is 9. The number of benzene rings is 2. The molecule has 30 heavy (non-hydrogen) atoms. The van der Waals surface area contributed by atoms with Crippen LogP contribution in [0.2, 0.25) is 0 Å². The van der Waals surface area contributed by atoms with Crippen LogP contribution in [0.3, 0.4) is 0 Å². The number of nitrogens with zero attached hydrogens (tertiary/aromatic N) is 5. The maximum atomic E-state index is 4.42. The first-order valence-corrected chi connectivity index (χ1v) is 10.5. The van der Waals surface area contributed by atoms with E-state index in [1.54, 1.807) is 12.5 Å². The van der Waals surface area contributed by atoms with Gasteiger partial charge in [0.2, 0.25) is 0 Å². The van der Waals surface area contributed by atoms with E-state index < -0.39 is 0 Å². The fraction of sp³-hybridized carbons (Fsp3) is 0.292. The number of nitrogens with one attached hydrogen (secondary N) is 1. The lowest BCUT2D eigenvalue weighted by Crippen LogP contribution is -2.20. The predicted octanol–water partition coefficient (Wildman–Crippen LogP) is 5.29. The van der Waals surface area contributed by atoms with Crippen molar-refractivity contribution in [2.75, 3.05) is 5.32 Å². The van der Waals surface area contributed by atoms with E-state index in [2.05, 4.69) is 87.3 Å². The molecule has 0 aliphatic carbocycles. The summed E-state index contributed by atoms with van der Waals surface area (Å²) < 4.78 is 4.05. The molecule has 0 aliphatic heterocycles. The standard InChI is InChI=1S/C24H28N6/c1-3-20(4-2)24(30-18-26-16-27-30)21-7-11-23(12-8-21)28-22-9-5-19(6-10-22)15-29-14-13-25-17-29/h5-14,16-18,20,24,28H,3-4,15H2,1-2H3. The number of hydrogen-bond donors (Lipinski definition) is 1. The van der Waals surface area contributed by atoms with Crippen LogP contribution < -0.4 is 5.32 Å². The summed E-state index contributed by atoms with van der Waals surface area (Å²) in [7, 11) is 0. The molecule has 2 aromatic heterocycles. The highest BCUT2D eigenvalue weighted by Gasteiger charge is 2.23. The van der Waals surface area contributed by atoms with Gasteiger partial charge in [-0.25, -0.2) is 14.6 Å². The van der Waals surface area contributed by atoms with E-state index in [1.807, 2.05) is 23.5 Å². The molecule has 0 saturated carbocycles. The van der Waals surface area contributed by atoms with Gasteiger partial charge in [0.25, 0.3) is 0 Å². The summed E-state index contributed by atoms with van der Waals surface area (Å²) in [6.45, 7) is 5.31. The normalized spacial score (nSPS) is 12.2. The van der Waals surface area contributed by atoms with Crippen LogP contribution in [0, 0.1) is 5.92 Å². The van der Waals surface area contributed by atoms with Crippen LogP contribution in [-0.2, 0) is 6.54 Å². The molecule has 0 fully saturated rings. The Morgan fingerprint density at radius 2 is 1.57 bits per heavy atom. The van der Waals surface area contributed by atoms with E-state index >= 15 is 0 Å². The van der Waals surface area contributed by atoms with Crippen molar-refractivity contribution in [1.82, 2.24) is 24.3 Å². The Labute approximate surface area is 177 Å². The third-order valence-electron chi connectivity index (χ3n) is 5.64. The Morgan fingerprint density at radius 3 is 2.13 bits per heavy atom. The Morgan fingerprint density at radius 1 is 0.867 bits per heavy atom. The lowest BCUT2D eigenvalue weighted by molar-refractivity contribution is 0.332. The lowest BCUT2D eigenvalue weighted by atomic mass is 9.89. The van der Waals surface area contributed by atoms with Crippen LogP contribution in [0.15, 0.2) is 79.9 Å². The molecule has 4 rings (SSSR count). The van der Waals surface area contributed by atoms with Crippen LogP contribution in [0.1, 0.15) is 43.9 Å². The van der Waals surface area contributed by atoms with Crippen LogP contribution in [-0.4, -0.2) is 24.3 Å². The van der Waals surface area contributed by atoms with E-state index in [9.17, 15) is 0 Å². The second-order valence-corrected chi connectivity index (χ2v) is 7.58. The smallest absolute Gasteiger partial charge is 0.137 e. The van der Waals surface area contributed by atoms with Gasteiger partial charge in [-0.05, 0) is 41.3 Å². The fourth-order valence-electron chi connectivity index (χ4n) is 3.95. The van der Waals surface area contributed by atoms with Crippen LogP contribution in [0.5, 0.6) is 0 Å². The van der Waals surface area contributed by atoms with Crippen molar-refractivity contribution >= 4 is 11.4 Å². The maximum absolute atomic E-state index is 4.42. The van der Waals surface area contributed by atoms with E-state index in [0.29, 0.717) is 5.92 Å². The van der Waals surface area contributed by atoms with Gasteiger partial charge < -0.3 is 9.88 Å². The van der Waals surface area contributed by atoms with Crippen molar-refractivity contribution in [3.63, 3.8) is 0 Å². The molecule has 0 bridgehead atoms. The van der Waals surface area contributed by atoms with Gasteiger partial charge in [0.05, 0.1) is 12.4 Å². The highest BCUT2D eigenvalue weighted by atomic mass is 15.3. The summed E-state index contributed by atoms with van der Waals surface area (Å²) in [6, 6.07) is 17.4. The van der Waals surface area contributed by atoms with Crippen molar-refractivity contribution in [1.29, 1.82) is 0 Å². The molecule has 2 heterocycles. The zero-order valence-electron chi connectivity index (χ0n) is 17.5. The van der Waals surface area contributed by atoms with Gasteiger partial charge in [0.15, 0.2) is 0 Å². The Kier molecular flexibility index (Phi) is 6.23. The zero-order chi connectivity index (χ0) is 20.8. The second kappa shape index (κ2) is 9.39. The molecule has 0 amide bonds. The van der Waals surface area contributed by atoms with E-state index in [1.165, 1.54) is 11.1 Å². The molecular formula is C24H28N6. The van der Waals surface area contributed by atoms with Gasteiger partial charge in [-0.2, -0.15) is 5.10 Å². The van der Waals surface area contributed by atoms with Crippen molar-refractivity contribution in [2.24, 2.45) is 5.92 Å². The monoisotopic (exact) mass is 400 g/mol. The molecule has 4 aromatic rings. The minimum absolute atomic E-state index is 0.207. The van der Waals surface area contributed by atoms with Gasteiger partial charge in [0.1, 0.15) is 12.7 Å². The highest BCUT2D eigenvalue weighted by Crippen LogP contribution is 2.31. The predicted molar refractivity (Wildman–Crippen MR) is 120 cm³/mol. The minimum Gasteiger partial charge on any atom is -0.356 e. The third-order valence-corrected chi connectivity index (χ3v) is 5.64. The minimum atomic E-state index is 0.207. The quantitative estimate of drug-likeness (QED) is 0.415. The number of imidazole rings is 1. The molecule has 0 saturated heterocycles. The van der Waals surface area contributed by atoms with Gasteiger partial charge in [0, 0.05) is 30.3 Å². The first-order chi connectivity index (χ1) is 14.8. The topological polar surface area (TPSA) is 60.6 Å². The van der Waals surface area contributed by atoms with E-state index in [-0.39, 0.29) is 6.04 Å². The summed E-state index contributed by atoms with van der Waals surface area (Å²) in [5, 5.41) is 7.91. The Hall–Kier alpha value is -3.41. The maximum Gasteiger partial charge on any atom is 0.137 e. The van der Waals surface area contributed by atoms with Crippen LogP contribution in [0.25, 0.3) is 0 Å². The van der Waals surface area contributed by atoms with Gasteiger partial charge in [-0.3, -0.25) is 0 Å². The first kappa shape index (κ1) is 19.9. The average Bonchev–Trinajstić information content (AvgIpc) is 3.49. The summed E-state index contributed by atoms with van der Waals surface area (Å²) in [5.74, 6) is 0.522. The van der Waals surface area contributed by atoms with Gasteiger partial charge >= 0.3 is 0 Å². The molecule has 1 unspecified atom stereocenters. The van der Waals surface area contributed by atoms with Crippen LogP contribution in [0.4, 0.5) is 11.4 Å². The molecule has 1 atom stereocenters.